The molecule has 0 fully saturated rings. The highest BCUT2D eigenvalue weighted by molar-refractivity contribution is 7.21. The summed E-state index contributed by atoms with van der Waals surface area (Å²) in [6.45, 7) is 0. The van der Waals surface area contributed by atoms with Gasteiger partial charge in [0.15, 0.2) is 0 Å². The van der Waals surface area contributed by atoms with Crippen LogP contribution in [0.3, 0.4) is 0 Å². The zero-order valence-electron chi connectivity index (χ0n) is 12.6. The topological polar surface area (TPSA) is 96.4 Å². The number of hydrogen-bond acceptors (Lipinski definition) is 4. The summed E-state index contributed by atoms with van der Waals surface area (Å²) in [4.78, 5) is 12.2. The molecule has 0 bridgehead atoms. The molecule has 0 amide bonds. The highest BCUT2D eigenvalue weighted by Crippen LogP contribution is 2.39. The van der Waals surface area contributed by atoms with Gasteiger partial charge in [0.05, 0.1) is 9.58 Å². The lowest BCUT2D eigenvalue weighted by atomic mass is 10.1. The van der Waals surface area contributed by atoms with Gasteiger partial charge in [0.2, 0.25) is 6.10 Å². The van der Waals surface area contributed by atoms with Gasteiger partial charge in [0, 0.05) is 10.6 Å². The number of nitrogen functional groups attached to an aromatic ring is 1. The molecule has 0 spiro atoms. The maximum atomic E-state index is 11.6. The van der Waals surface area contributed by atoms with E-state index in [9.17, 15) is 9.90 Å². The van der Waals surface area contributed by atoms with Crippen LogP contribution in [0.2, 0.25) is 10.0 Å². The lowest BCUT2D eigenvalue weighted by Crippen LogP contribution is -2.18. The molecule has 1 atom stereocenters. The van der Waals surface area contributed by atoms with Crippen molar-refractivity contribution in [2.24, 2.45) is 5.73 Å². The van der Waals surface area contributed by atoms with Crippen LogP contribution in [0.25, 0.3) is 10.1 Å². The van der Waals surface area contributed by atoms with Crippen LogP contribution in [0, 0.1) is 5.41 Å². The van der Waals surface area contributed by atoms with Gasteiger partial charge in [-0.1, -0.05) is 35.3 Å². The molecule has 8 heteroatoms. The lowest BCUT2D eigenvalue weighted by Gasteiger charge is -2.16. The van der Waals surface area contributed by atoms with E-state index < -0.39 is 12.1 Å². The SMILES string of the molecule is N=C(N)c1cc2ccc(OC(C(=O)O)c3ccc(Cl)cc3)c(Cl)c2s1. The van der Waals surface area contributed by atoms with Gasteiger partial charge < -0.3 is 15.6 Å². The van der Waals surface area contributed by atoms with Crippen molar-refractivity contribution in [2.75, 3.05) is 0 Å². The fraction of sp³-hybridized carbons (Fsp3) is 0.0588. The molecule has 0 radical (unpaired) electrons. The molecule has 1 unspecified atom stereocenters. The van der Waals surface area contributed by atoms with Crippen molar-refractivity contribution in [3.05, 3.63) is 63.0 Å². The maximum absolute atomic E-state index is 11.6. The molecule has 25 heavy (non-hydrogen) atoms. The Kier molecular flexibility index (Phi) is 4.85. The molecule has 5 nitrogen and oxygen atoms in total. The van der Waals surface area contributed by atoms with Crippen molar-refractivity contribution in [1.29, 1.82) is 5.41 Å². The third-order valence-corrected chi connectivity index (χ3v) is 5.44. The molecule has 0 aliphatic carbocycles. The number of carbonyl (C=O) groups is 1. The number of fused-ring (bicyclic) bond motifs is 1. The van der Waals surface area contributed by atoms with Crippen molar-refractivity contribution in [2.45, 2.75) is 6.10 Å². The first-order chi connectivity index (χ1) is 11.9. The van der Waals surface area contributed by atoms with Crippen LogP contribution in [0.5, 0.6) is 5.75 Å². The minimum Gasteiger partial charge on any atom is -0.478 e. The van der Waals surface area contributed by atoms with Crippen molar-refractivity contribution in [3.8, 4) is 5.75 Å². The quantitative estimate of drug-likeness (QED) is 0.431. The lowest BCUT2D eigenvalue weighted by molar-refractivity contribution is -0.145. The number of hydrogen-bond donors (Lipinski definition) is 3. The molecule has 3 rings (SSSR count). The number of carboxylic acid groups (broad SMARTS) is 1. The summed E-state index contributed by atoms with van der Waals surface area (Å²) in [6.07, 6.45) is -1.22. The number of ether oxygens (including phenoxy) is 1. The van der Waals surface area contributed by atoms with Gasteiger partial charge in [0.25, 0.3) is 0 Å². The van der Waals surface area contributed by atoms with Crippen molar-refractivity contribution < 1.29 is 14.6 Å². The number of amidine groups is 1. The smallest absolute Gasteiger partial charge is 0.349 e. The van der Waals surface area contributed by atoms with E-state index in [1.807, 2.05) is 0 Å². The molecule has 1 aromatic heterocycles. The van der Waals surface area contributed by atoms with E-state index in [4.69, 9.17) is 39.1 Å². The minimum absolute atomic E-state index is 0.0516. The first-order valence-corrected chi connectivity index (χ1v) is 8.65. The molecule has 0 aliphatic heterocycles. The van der Waals surface area contributed by atoms with Crippen LogP contribution in [-0.2, 0) is 4.79 Å². The van der Waals surface area contributed by atoms with Crippen LogP contribution < -0.4 is 10.5 Å². The number of halogens is 2. The van der Waals surface area contributed by atoms with Crippen LogP contribution in [0.4, 0.5) is 0 Å². The van der Waals surface area contributed by atoms with E-state index in [0.29, 0.717) is 20.2 Å². The first-order valence-electron chi connectivity index (χ1n) is 7.08. The summed E-state index contributed by atoms with van der Waals surface area (Å²) >= 11 is 13.5. The molecule has 128 valence electrons. The van der Waals surface area contributed by atoms with Gasteiger partial charge in [-0.05, 0) is 35.7 Å². The van der Waals surface area contributed by atoms with Crippen molar-refractivity contribution >= 4 is 56.4 Å². The number of benzene rings is 2. The highest BCUT2D eigenvalue weighted by atomic mass is 35.5. The Morgan fingerprint density at radius 3 is 2.48 bits per heavy atom. The van der Waals surface area contributed by atoms with Crippen LogP contribution in [-0.4, -0.2) is 16.9 Å². The third-order valence-electron chi connectivity index (χ3n) is 3.50. The number of nitrogens with two attached hydrogens (primary N) is 1. The Labute approximate surface area is 157 Å². The number of carboxylic acids is 1. The van der Waals surface area contributed by atoms with Crippen molar-refractivity contribution in [1.82, 2.24) is 0 Å². The van der Waals surface area contributed by atoms with Gasteiger partial charge >= 0.3 is 5.97 Å². The summed E-state index contributed by atoms with van der Waals surface area (Å²) in [5.74, 6) is -0.952. The van der Waals surface area contributed by atoms with E-state index in [1.165, 1.54) is 11.3 Å². The Morgan fingerprint density at radius 2 is 1.88 bits per heavy atom. The van der Waals surface area contributed by atoms with Crippen LogP contribution in [0.15, 0.2) is 42.5 Å². The second kappa shape index (κ2) is 6.92. The van der Waals surface area contributed by atoms with Gasteiger partial charge in [0.1, 0.15) is 16.6 Å². The monoisotopic (exact) mass is 394 g/mol. The highest BCUT2D eigenvalue weighted by Gasteiger charge is 2.24. The van der Waals surface area contributed by atoms with Gasteiger partial charge in [-0.15, -0.1) is 11.3 Å². The van der Waals surface area contributed by atoms with Crippen molar-refractivity contribution in [3.63, 3.8) is 0 Å². The second-order valence-electron chi connectivity index (χ2n) is 5.21. The Hall–Kier alpha value is -2.28. The Bertz CT molecular complexity index is 970. The standard InChI is InChI=1S/C17H12Cl2N2O3S/c18-10-4-1-8(2-5-10)14(17(22)23)24-11-6-3-9-7-12(16(20)21)25-15(9)13(11)19/h1-7,14H,(H3,20,21)(H,22,23). The first kappa shape index (κ1) is 17.5. The average Bonchev–Trinajstić information content (AvgIpc) is 3.00. The molecule has 3 aromatic rings. The third kappa shape index (κ3) is 3.56. The van der Waals surface area contributed by atoms with Gasteiger partial charge in [-0.2, -0.15) is 0 Å². The molecule has 0 saturated heterocycles. The van der Waals surface area contributed by atoms with Crippen LogP contribution >= 0.6 is 34.5 Å². The minimum atomic E-state index is -1.22. The molecule has 4 N–H and O–H groups in total. The molecule has 2 aromatic carbocycles. The number of rotatable bonds is 5. The van der Waals surface area contributed by atoms with Crippen LogP contribution in [0.1, 0.15) is 16.5 Å². The van der Waals surface area contributed by atoms with E-state index >= 15 is 0 Å². The molecule has 0 saturated carbocycles. The van der Waals surface area contributed by atoms with E-state index in [0.717, 1.165) is 5.39 Å². The second-order valence-corrected chi connectivity index (χ2v) is 7.07. The van der Waals surface area contributed by atoms with Gasteiger partial charge in [-0.25, -0.2) is 4.79 Å². The fourth-order valence-corrected chi connectivity index (χ4v) is 3.71. The Morgan fingerprint density at radius 1 is 1.20 bits per heavy atom. The summed E-state index contributed by atoms with van der Waals surface area (Å²) in [7, 11) is 0. The predicted molar refractivity (Wildman–Crippen MR) is 100 cm³/mol. The van der Waals surface area contributed by atoms with E-state index in [1.54, 1.807) is 42.5 Å². The van der Waals surface area contributed by atoms with Gasteiger partial charge in [-0.3, -0.25) is 5.41 Å². The molecular weight excluding hydrogens is 383 g/mol. The number of nitrogens with one attached hydrogen (secondary N) is 1. The largest absolute Gasteiger partial charge is 0.478 e. The zero-order chi connectivity index (χ0) is 18.1. The summed E-state index contributed by atoms with van der Waals surface area (Å²) in [6, 6.07) is 11.5. The number of aliphatic carboxylic acids is 1. The molecular formula is C17H12Cl2N2O3S. The summed E-state index contributed by atoms with van der Waals surface area (Å²) < 4.78 is 6.34. The average molecular weight is 395 g/mol. The fourth-order valence-electron chi connectivity index (χ4n) is 2.30. The predicted octanol–water partition coefficient (Wildman–Crippen LogP) is 4.70. The normalized spacial score (nSPS) is 12.1. The number of thiophene rings is 1. The zero-order valence-corrected chi connectivity index (χ0v) is 15.0. The summed E-state index contributed by atoms with van der Waals surface area (Å²) in [5.41, 5.74) is 5.95. The molecule has 1 heterocycles. The Balaban J connectivity index is 1.99. The summed E-state index contributed by atoms with van der Waals surface area (Å²) in [5, 5.41) is 18.6. The molecule has 0 aliphatic rings. The van der Waals surface area contributed by atoms with E-state index in [-0.39, 0.29) is 16.6 Å². The maximum Gasteiger partial charge on any atom is 0.349 e. The van der Waals surface area contributed by atoms with E-state index in [2.05, 4.69) is 0 Å².